The van der Waals surface area contributed by atoms with Crippen LogP contribution in [-0.2, 0) is 4.79 Å². The Balaban J connectivity index is 2.04. The number of carbonyl (C=O) groups excluding carboxylic acids is 2. The van der Waals surface area contributed by atoms with Gasteiger partial charge in [-0.05, 0) is 49.4 Å². The van der Waals surface area contributed by atoms with Crippen LogP contribution in [-0.4, -0.2) is 23.9 Å². The number of aryl methyl sites for hydroxylation is 1. The van der Waals surface area contributed by atoms with Crippen LogP contribution in [0.5, 0.6) is 0 Å². The quantitative estimate of drug-likeness (QED) is 0.775. The van der Waals surface area contributed by atoms with Crippen LogP contribution in [0.15, 0.2) is 18.2 Å². The van der Waals surface area contributed by atoms with Crippen molar-refractivity contribution in [2.75, 3.05) is 11.9 Å². The van der Waals surface area contributed by atoms with Gasteiger partial charge in [0.05, 0.1) is 5.54 Å². The molecule has 5 heteroatoms. The zero-order chi connectivity index (χ0) is 17.7. The second kappa shape index (κ2) is 7.79. The Hall–Kier alpha value is -1.88. The monoisotopic (exact) mass is 331 g/mol. The second-order valence-corrected chi connectivity index (χ2v) is 7.30. The standard InChI is InChI=1S/C19H29N3O2/c1-13(2)12-21-17(23)15-7-8-16(14(3)11-15)22-18(24)19(20)9-5-4-6-10-19/h7-8,11,13H,4-6,9-10,12,20H2,1-3H3,(H,21,23)(H,22,24). The molecule has 0 bridgehead atoms. The second-order valence-electron chi connectivity index (χ2n) is 7.30. The topological polar surface area (TPSA) is 84.2 Å². The minimum Gasteiger partial charge on any atom is -0.352 e. The molecule has 1 aromatic rings. The van der Waals surface area contributed by atoms with Crippen LogP contribution >= 0.6 is 0 Å². The lowest BCUT2D eigenvalue weighted by Gasteiger charge is -2.32. The van der Waals surface area contributed by atoms with Crippen molar-refractivity contribution >= 4 is 17.5 Å². The van der Waals surface area contributed by atoms with E-state index < -0.39 is 5.54 Å². The van der Waals surface area contributed by atoms with Gasteiger partial charge in [0.1, 0.15) is 0 Å². The van der Waals surface area contributed by atoms with E-state index in [1.165, 1.54) is 0 Å². The predicted octanol–water partition coefficient (Wildman–Crippen LogP) is 2.98. The molecule has 0 aromatic heterocycles. The highest BCUT2D eigenvalue weighted by Crippen LogP contribution is 2.28. The van der Waals surface area contributed by atoms with Crippen molar-refractivity contribution in [3.05, 3.63) is 29.3 Å². The van der Waals surface area contributed by atoms with Gasteiger partial charge in [-0.15, -0.1) is 0 Å². The highest BCUT2D eigenvalue weighted by molar-refractivity contribution is 6.00. The van der Waals surface area contributed by atoms with Crippen molar-refractivity contribution < 1.29 is 9.59 Å². The summed E-state index contributed by atoms with van der Waals surface area (Å²) in [6.07, 6.45) is 4.60. The normalized spacial score (nSPS) is 16.7. The van der Waals surface area contributed by atoms with E-state index in [4.69, 9.17) is 5.73 Å². The van der Waals surface area contributed by atoms with Crippen molar-refractivity contribution in [1.82, 2.24) is 5.32 Å². The molecule has 2 amide bonds. The summed E-state index contributed by atoms with van der Waals surface area (Å²) >= 11 is 0. The van der Waals surface area contributed by atoms with E-state index in [1.54, 1.807) is 18.2 Å². The summed E-state index contributed by atoms with van der Waals surface area (Å²) in [6, 6.07) is 5.32. The van der Waals surface area contributed by atoms with Gasteiger partial charge < -0.3 is 16.4 Å². The first-order chi connectivity index (χ1) is 11.3. The van der Waals surface area contributed by atoms with Crippen molar-refractivity contribution in [3.8, 4) is 0 Å². The summed E-state index contributed by atoms with van der Waals surface area (Å²) in [4.78, 5) is 24.6. The molecule has 1 saturated carbocycles. The molecule has 1 fully saturated rings. The predicted molar refractivity (Wildman–Crippen MR) is 97.0 cm³/mol. The largest absolute Gasteiger partial charge is 0.352 e. The average molecular weight is 331 g/mol. The maximum absolute atomic E-state index is 12.5. The molecule has 0 aliphatic heterocycles. The van der Waals surface area contributed by atoms with Crippen LogP contribution in [0.2, 0.25) is 0 Å². The molecule has 24 heavy (non-hydrogen) atoms. The number of nitrogens with two attached hydrogens (primary N) is 1. The Morgan fingerprint density at radius 3 is 2.46 bits per heavy atom. The first-order valence-electron chi connectivity index (χ1n) is 8.81. The molecule has 0 unspecified atom stereocenters. The van der Waals surface area contributed by atoms with Gasteiger partial charge in [0.2, 0.25) is 5.91 Å². The third-order valence-electron chi connectivity index (χ3n) is 4.61. The Bertz CT molecular complexity index is 605. The number of amides is 2. The van der Waals surface area contributed by atoms with Crippen LogP contribution in [0.4, 0.5) is 5.69 Å². The van der Waals surface area contributed by atoms with Crippen LogP contribution in [0.25, 0.3) is 0 Å². The molecule has 132 valence electrons. The van der Waals surface area contributed by atoms with Crippen molar-refractivity contribution in [2.45, 2.75) is 58.4 Å². The van der Waals surface area contributed by atoms with E-state index >= 15 is 0 Å². The SMILES string of the molecule is Cc1cc(C(=O)NCC(C)C)ccc1NC(=O)C1(N)CCCCC1. The maximum Gasteiger partial charge on any atom is 0.251 e. The van der Waals surface area contributed by atoms with Gasteiger partial charge in [0.25, 0.3) is 5.91 Å². The lowest BCUT2D eigenvalue weighted by molar-refractivity contribution is -0.122. The molecule has 5 nitrogen and oxygen atoms in total. The molecular weight excluding hydrogens is 302 g/mol. The molecule has 0 heterocycles. The molecule has 2 rings (SSSR count). The fourth-order valence-corrected chi connectivity index (χ4v) is 3.00. The Kier molecular flexibility index (Phi) is 5.99. The molecule has 1 aliphatic rings. The Labute approximate surface area is 144 Å². The molecule has 0 radical (unpaired) electrons. The Morgan fingerprint density at radius 1 is 1.21 bits per heavy atom. The number of hydrogen-bond acceptors (Lipinski definition) is 3. The summed E-state index contributed by atoms with van der Waals surface area (Å²) in [6.45, 7) is 6.64. The lowest BCUT2D eigenvalue weighted by Crippen LogP contribution is -2.52. The van der Waals surface area contributed by atoms with Crippen molar-refractivity contribution in [2.24, 2.45) is 11.7 Å². The van der Waals surface area contributed by atoms with Gasteiger partial charge in [0, 0.05) is 17.8 Å². The number of carbonyl (C=O) groups is 2. The smallest absolute Gasteiger partial charge is 0.251 e. The third-order valence-corrected chi connectivity index (χ3v) is 4.61. The number of rotatable bonds is 5. The summed E-state index contributed by atoms with van der Waals surface area (Å²) in [5, 5.41) is 5.84. The molecule has 1 aliphatic carbocycles. The minimum absolute atomic E-state index is 0.0905. The van der Waals surface area contributed by atoms with Crippen LogP contribution in [0, 0.1) is 12.8 Å². The minimum atomic E-state index is -0.766. The van der Waals surface area contributed by atoms with E-state index in [2.05, 4.69) is 24.5 Å². The van der Waals surface area contributed by atoms with E-state index in [1.807, 2.05) is 6.92 Å². The van der Waals surface area contributed by atoms with Gasteiger partial charge in [-0.2, -0.15) is 0 Å². The van der Waals surface area contributed by atoms with Crippen LogP contribution < -0.4 is 16.4 Å². The van der Waals surface area contributed by atoms with Crippen molar-refractivity contribution in [3.63, 3.8) is 0 Å². The van der Waals surface area contributed by atoms with E-state index in [-0.39, 0.29) is 11.8 Å². The fraction of sp³-hybridized carbons (Fsp3) is 0.579. The molecule has 0 spiro atoms. The van der Waals surface area contributed by atoms with Gasteiger partial charge in [-0.1, -0.05) is 33.1 Å². The van der Waals surface area contributed by atoms with Gasteiger partial charge in [-0.25, -0.2) is 0 Å². The summed E-state index contributed by atoms with van der Waals surface area (Å²) in [5.74, 6) is 0.194. The Morgan fingerprint density at radius 2 is 1.88 bits per heavy atom. The highest BCUT2D eigenvalue weighted by atomic mass is 16.2. The molecule has 1 aromatic carbocycles. The van der Waals surface area contributed by atoms with Gasteiger partial charge in [0.15, 0.2) is 0 Å². The summed E-state index contributed by atoms with van der Waals surface area (Å²) < 4.78 is 0. The molecule has 4 N–H and O–H groups in total. The van der Waals surface area contributed by atoms with E-state index in [0.717, 1.165) is 43.4 Å². The number of hydrogen-bond donors (Lipinski definition) is 3. The van der Waals surface area contributed by atoms with Crippen LogP contribution in [0.1, 0.15) is 61.9 Å². The maximum atomic E-state index is 12.5. The number of anilines is 1. The van der Waals surface area contributed by atoms with E-state index in [9.17, 15) is 9.59 Å². The fourth-order valence-electron chi connectivity index (χ4n) is 3.00. The van der Waals surface area contributed by atoms with Gasteiger partial charge in [-0.3, -0.25) is 9.59 Å². The number of benzene rings is 1. The first kappa shape index (κ1) is 18.5. The van der Waals surface area contributed by atoms with Crippen molar-refractivity contribution in [1.29, 1.82) is 0 Å². The summed E-state index contributed by atoms with van der Waals surface area (Å²) in [5.41, 5.74) is 7.69. The zero-order valence-corrected chi connectivity index (χ0v) is 14.9. The van der Waals surface area contributed by atoms with Crippen LogP contribution in [0.3, 0.4) is 0 Å². The lowest BCUT2D eigenvalue weighted by atomic mass is 9.82. The zero-order valence-electron chi connectivity index (χ0n) is 14.9. The molecule has 0 atom stereocenters. The molecule has 0 saturated heterocycles. The highest BCUT2D eigenvalue weighted by Gasteiger charge is 2.35. The average Bonchev–Trinajstić information content (AvgIpc) is 2.55. The first-order valence-corrected chi connectivity index (χ1v) is 8.81. The van der Waals surface area contributed by atoms with Gasteiger partial charge >= 0.3 is 0 Å². The number of nitrogens with one attached hydrogen (secondary N) is 2. The van der Waals surface area contributed by atoms with E-state index in [0.29, 0.717) is 18.0 Å². The molecular formula is C19H29N3O2. The summed E-state index contributed by atoms with van der Waals surface area (Å²) in [7, 11) is 0. The third kappa shape index (κ3) is 4.57.